The molecule has 1 saturated heterocycles. The highest BCUT2D eigenvalue weighted by Crippen LogP contribution is 2.44. The summed E-state index contributed by atoms with van der Waals surface area (Å²) in [5.41, 5.74) is 2.81. The van der Waals surface area contributed by atoms with Gasteiger partial charge in [-0.2, -0.15) is 0 Å². The highest BCUT2D eigenvalue weighted by Gasteiger charge is 2.46. The van der Waals surface area contributed by atoms with Crippen LogP contribution >= 0.6 is 0 Å². The summed E-state index contributed by atoms with van der Waals surface area (Å²) in [6.07, 6.45) is 2.82. The molecule has 0 unspecified atom stereocenters. The molecule has 1 aromatic rings. The van der Waals surface area contributed by atoms with Crippen LogP contribution in [-0.2, 0) is 11.8 Å². The van der Waals surface area contributed by atoms with Gasteiger partial charge in [-0.15, -0.1) is 0 Å². The Bertz CT molecular complexity index is 369. The minimum atomic E-state index is -0.169. The Kier molecular flexibility index (Phi) is 2.08. The van der Waals surface area contributed by atoms with E-state index in [1.165, 1.54) is 11.1 Å². The van der Waals surface area contributed by atoms with Gasteiger partial charge in [-0.25, -0.2) is 0 Å². The molecule has 1 aliphatic heterocycles. The minimum Gasteiger partial charge on any atom is -0.392 e. The highest BCUT2D eigenvalue weighted by atomic mass is 16.3. The Hall–Kier alpha value is -0.860. The van der Waals surface area contributed by atoms with Crippen LogP contribution in [0.2, 0.25) is 0 Å². The lowest BCUT2D eigenvalue weighted by molar-refractivity contribution is 0.0738. The van der Waals surface area contributed by atoms with E-state index in [0.717, 1.165) is 32.4 Å². The maximum absolute atomic E-state index is 10.3. The molecular weight excluding hydrogens is 186 g/mol. The summed E-state index contributed by atoms with van der Waals surface area (Å²) in [5.74, 6) is 0. The molecule has 1 aromatic carbocycles. The van der Waals surface area contributed by atoms with Gasteiger partial charge in [-0.05, 0) is 43.5 Å². The van der Waals surface area contributed by atoms with Crippen molar-refractivity contribution in [1.82, 2.24) is 5.32 Å². The molecule has 2 nitrogen and oxygen atoms in total. The Labute approximate surface area is 90.3 Å². The fourth-order valence-corrected chi connectivity index (χ4v) is 3.24. The lowest BCUT2D eigenvalue weighted by atomic mass is 9.73. The minimum absolute atomic E-state index is 0.0574. The van der Waals surface area contributed by atoms with Crippen molar-refractivity contribution < 1.29 is 5.11 Å². The third-order valence-corrected chi connectivity index (χ3v) is 4.10. The molecule has 1 fully saturated rings. The number of rotatable bonds is 0. The first-order chi connectivity index (χ1) is 7.33. The largest absolute Gasteiger partial charge is 0.392 e. The number of hydrogen-bond donors (Lipinski definition) is 2. The number of benzene rings is 1. The fourth-order valence-electron chi connectivity index (χ4n) is 3.24. The Morgan fingerprint density at radius 2 is 1.93 bits per heavy atom. The summed E-state index contributed by atoms with van der Waals surface area (Å²) in [7, 11) is 0. The van der Waals surface area contributed by atoms with Gasteiger partial charge in [0.25, 0.3) is 0 Å². The second-order valence-electron chi connectivity index (χ2n) is 4.78. The normalized spacial score (nSPS) is 27.9. The highest BCUT2D eigenvalue weighted by molar-refractivity contribution is 5.42. The monoisotopic (exact) mass is 203 g/mol. The van der Waals surface area contributed by atoms with Crippen molar-refractivity contribution in [3.63, 3.8) is 0 Å². The molecule has 2 N–H and O–H groups in total. The molecule has 1 heterocycles. The van der Waals surface area contributed by atoms with Gasteiger partial charge in [0.1, 0.15) is 0 Å². The average molecular weight is 203 g/mol. The molecule has 15 heavy (non-hydrogen) atoms. The van der Waals surface area contributed by atoms with Gasteiger partial charge in [0.2, 0.25) is 0 Å². The van der Waals surface area contributed by atoms with Crippen molar-refractivity contribution in [3.8, 4) is 0 Å². The van der Waals surface area contributed by atoms with Crippen molar-refractivity contribution in [2.75, 3.05) is 13.1 Å². The molecule has 1 aliphatic carbocycles. The van der Waals surface area contributed by atoms with Crippen molar-refractivity contribution in [2.24, 2.45) is 0 Å². The average Bonchev–Trinajstić information content (AvgIpc) is 2.55. The number of nitrogens with one attached hydrogen (secondary N) is 1. The number of hydrogen-bond acceptors (Lipinski definition) is 2. The van der Waals surface area contributed by atoms with E-state index in [2.05, 4.69) is 29.6 Å². The van der Waals surface area contributed by atoms with Crippen molar-refractivity contribution in [2.45, 2.75) is 30.8 Å². The second-order valence-corrected chi connectivity index (χ2v) is 4.78. The first-order valence-electron chi connectivity index (χ1n) is 5.80. The topological polar surface area (TPSA) is 32.3 Å². The van der Waals surface area contributed by atoms with Gasteiger partial charge in [0.15, 0.2) is 0 Å². The Morgan fingerprint density at radius 1 is 1.20 bits per heavy atom. The van der Waals surface area contributed by atoms with E-state index < -0.39 is 0 Å². The number of aliphatic hydroxyl groups excluding tert-OH is 1. The van der Waals surface area contributed by atoms with E-state index in [1.807, 2.05) is 0 Å². The predicted molar refractivity (Wildman–Crippen MR) is 59.9 cm³/mol. The van der Waals surface area contributed by atoms with E-state index >= 15 is 0 Å². The second kappa shape index (κ2) is 3.32. The van der Waals surface area contributed by atoms with Crippen LogP contribution in [0.25, 0.3) is 0 Å². The first-order valence-corrected chi connectivity index (χ1v) is 5.80. The standard InChI is InChI=1S/C13H17NO/c15-12-9-10-3-1-2-4-11(10)13(12)5-7-14-8-6-13/h1-4,12,14-15H,5-9H2/t12-/m0/s1. The summed E-state index contributed by atoms with van der Waals surface area (Å²) >= 11 is 0. The number of aliphatic hydroxyl groups is 1. The molecule has 1 spiro atoms. The zero-order chi connectivity index (χ0) is 10.3. The van der Waals surface area contributed by atoms with E-state index in [1.54, 1.807) is 0 Å². The molecule has 0 bridgehead atoms. The van der Waals surface area contributed by atoms with E-state index in [9.17, 15) is 5.11 Å². The lowest BCUT2D eigenvalue weighted by Crippen LogP contribution is -2.45. The summed E-state index contributed by atoms with van der Waals surface area (Å²) in [5, 5.41) is 13.7. The fraction of sp³-hybridized carbons (Fsp3) is 0.538. The van der Waals surface area contributed by atoms with Gasteiger partial charge in [0, 0.05) is 5.41 Å². The van der Waals surface area contributed by atoms with Gasteiger partial charge < -0.3 is 10.4 Å². The smallest absolute Gasteiger partial charge is 0.0678 e. The van der Waals surface area contributed by atoms with Gasteiger partial charge in [-0.1, -0.05) is 24.3 Å². The van der Waals surface area contributed by atoms with Crippen LogP contribution in [0.1, 0.15) is 24.0 Å². The van der Waals surface area contributed by atoms with Crippen LogP contribution in [0, 0.1) is 0 Å². The molecule has 0 amide bonds. The Morgan fingerprint density at radius 3 is 2.73 bits per heavy atom. The zero-order valence-electron chi connectivity index (χ0n) is 8.87. The van der Waals surface area contributed by atoms with Crippen molar-refractivity contribution >= 4 is 0 Å². The molecule has 2 heteroatoms. The summed E-state index contributed by atoms with van der Waals surface area (Å²) in [6, 6.07) is 8.54. The third-order valence-electron chi connectivity index (χ3n) is 4.10. The zero-order valence-corrected chi connectivity index (χ0v) is 8.87. The van der Waals surface area contributed by atoms with E-state index in [0.29, 0.717) is 0 Å². The van der Waals surface area contributed by atoms with Crippen molar-refractivity contribution in [1.29, 1.82) is 0 Å². The van der Waals surface area contributed by atoms with Crippen LogP contribution in [-0.4, -0.2) is 24.3 Å². The predicted octanol–water partition coefficient (Wildman–Crippen LogP) is 1.22. The van der Waals surface area contributed by atoms with E-state index in [4.69, 9.17) is 0 Å². The van der Waals surface area contributed by atoms with Crippen LogP contribution in [0.3, 0.4) is 0 Å². The third kappa shape index (κ3) is 1.25. The molecule has 3 rings (SSSR count). The summed E-state index contributed by atoms with van der Waals surface area (Å²) in [6.45, 7) is 2.07. The van der Waals surface area contributed by atoms with Gasteiger partial charge in [0.05, 0.1) is 6.10 Å². The van der Waals surface area contributed by atoms with Crippen LogP contribution in [0.5, 0.6) is 0 Å². The molecule has 1 atom stereocenters. The number of piperidine rings is 1. The summed E-state index contributed by atoms with van der Waals surface area (Å²) in [4.78, 5) is 0. The molecule has 2 aliphatic rings. The van der Waals surface area contributed by atoms with E-state index in [-0.39, 0.29) is 11.5 Å². The Balaban J connectivity index is 2.07. The maximum atomic E-state index is 10.3. The first kappa shape index (κ1) is 9.37. The molecule has 0 radical (unpaired) electrons. The molecule has 80 valence electrons. The lowest BCUT2D eigenvalue weighted by Gasteiger charge is -2.37. The summed E-state index contributed by atoms with van der Waals surface area (Å²) < 4.78 is 0. The molecule has 0 saturated carbocycles. The van der Waals surface area contributed by atoms with Gasteiger partial charge >= 0.3 is 0 Å². The van der Waals surface area contributed by atoms with Crippen LogP contribution in [0.4, 0.5) is 0 Å². The SMILES string of the molecule is O[C@H]1Cc2ccccc2C12CCNCC2. The van der Waals surface area contributed by atoms with Gasteiger partial charge in [-0.3, -0.25) is 0 Å². The number of fused-ring (bicyclic) bond motifs is 2. The maximum Gasteiger partial charge on any atom is 0.0678 e. The van der Waals surface area contributed by atoms with Crippen molar-refractivity contribution in [3.05, 3.63) is 35.4 Å². The quantitative estimate of drug-likeness (QED) is 0.664. The van der Waals surface area contributed by atoms with Crippen LogP contribution in [0.15, 0.2) is 24.3 Å². The van der Waals surface area contributed by atoms with Crippen LogP contribution < -0.4 is 5.32 Å². The molecule has 0 aromatic heterocycles. The molecular formula is C13H17NO.